The third kappa shape index (κ3) is 8.79. The van der Waals surface area contributed by atoms with Crippen LogP contribution in [0.3, 0.4) is 0 Å². The van der Waals surface area contributed by atoms with E-state index < -0.39 is 6.03 Å². The van der Waals surface area contributed by atoms with Crippen LogP contribution in [0.4, 0.5) is 16.4 Å². The van der Waals surface area contributed by atoms with E-state index >= 15 is 0 Å². The minimum Gasteiger partial charge on any atom is -0.491 e. The number of amidine groups is 1. The number of fused-ring (bicyclic) bond motifs is 2. The summed E-state index contributed by atoms with van der Waals surface area (Å²) in [7, 11) is 3.95. The number of amides is 2. The maximum absolute atomic E-state index is 13.6. The highest BCUT2D eigenvalue weighted by Gasteiger charge is 2.30. The molecular formula is C39H50ClN9O3. The van der Waals surface area contributed by atoms with Gasteiger partial charge in [-0.25, -0.2) is 9.79 Å². The van der Waals surface area contributed by atoms with Gasteiger partial charge in [0.25, 0.3) is 0 Å². The summed E-state index contributed by atoms with van der Waals surface area (Å²) >= 11 is 6.42. The van der Waals surface area contributed by atoms with Gasteiger partial charge in [0, 0.05) is 42.4 Å². The lowest BCUT2D eigenvalue weighted by atomic mass is 9.85. The number of nitrogens with two attached hydrogens (primary N) is 1. The lowest BCUT2D eigenvalue weighted by Crippen LogP contribution is -2.42. The molecule has 0 radical (unpaired) electrons. The molecule has 276 valence electrons. The molecule has 1 aliphatic carbocycles. The molecule has 3 atom stereocenters. The molecule has 12 nitrogen and oxygen atoms in total. The van der Waals surface area contributed by atoms with E-state index in [1.54, 1.807) is 24.3 Å². The molecule has 3 heterocycles. The molecule has 2 aromatic carbocycles. The van der Waals surface area contributed by atoms with Crippen LogP contribution in [0.15, 0.2) is 77.6 Å². The van der Waals surface area contributed by atoms with Gasteiger partial charge in [0.15, 0.2) is 5.65 Å². The first-order chi connectivity index (χ1) is 24.9. The third-order valence-corrected chi connectivity index (χ3v) is 9.86. The Morgan fingerprint density at radius 3 is 2.62 bits per heavy atom. The lowest BCUT2D eigenvalue weighted by molar-refractivity contribution is 0.171. The minimum atomic E-state index is -0.394. The second-order valence-electron chi connectivity index (χ2n) is 14.9. The molecule has 1 saturated heterocycles. The van der Waals surface area contributed by atoms with Crippen molar-refractivity contribution < 1.29 is 14.3 Å². The molecule has 2 aromatic heterocycles. The molecule has 2 aliphatic rings. The number of urea groups is 1. The first-order valence-corrected chi connectivity index (χ1v) is 18.3. The summed E-state index contributed by atoms with van der Waals surface area (Å²) in [6.45, 7) is 10.4. The number of likely N-dealkylation sites (N-methyl/N-ethyl adjacent to an activating group) is 1. The van der Waals surface area contributed by atoms with Gasteiger partial charge in [-0.2, -0.15) is 0 Å². The number of aliphatic imine (C=N–C) groups is 1. The summed E-state index contributed by atoms with van der Waals surface area (Å²) in [5, 5.41) is 15.5. The second kappa shape index (κ2) is 15.8. The topological polar surface area (TPSA) is 135 Å². The summed E-state index contributed by atoms with van der Waals surface area (Å²) in [6.07, 6.45) is 7.16. The van der Waals surface area contributed by atoms with Crippen molar-refractivity contribution in [2.75, 3.05) is 38.7 Å². The molecule has 1 unspecified atom stereocenters. The predicted octanol–water partition coefficient (Wildman–Crippen LogP) is 7.18. The number of halogens is 1. The van der Waals surface area contributed by atoms with E-state index in [1.807, 2.05) is 80.7 Å². The van der Waals surface area contributed by atoms with Crippen LogP contribution >= 0.6 is 11.6 Å². The number of hydrogen-bond donors (Lipinski definition) is 3. The summed E-state index contributed by atoms with van der Waals surface area (Å²) in [6, 6.07) is 17.0. The van der Waals surface area contributed by atoms with Gasteiger partial charge < -0.3 is 30.3 Å². The Balaban J connectivity index is 1.18. The first kappa shape index (κ1) is 37.0. The van der Waals surface area contributed by atoms with Crippen molar-refractivity contribution in [3.05, 3.63) is 88.7 Å². The number of carbonyl (C=O) groups excluding carboxylic acids is 1. The largest absolute Gasteiger partial charge is 0.491 e. The fourth-order valence-electron chi connectivity index (χ4n) is 6.46. The summed E-state index contributed by atoms with van der Waals surface area (Å²) < 4.78 is 14.6. The molecule has 0 saturated carbocycles. The quantitative estimate of drug-likeness (QED) is 0.116. The maximum Gasteiger partial charge on any atom is 0.320 e. The van der Waals surface area contributed by atoms with Gasteiger partial charge >= 0.3 is 6.03 Å². The second-order valence-corrected chi connectivity index (χ2v) is 15.3. The number of aromatic nitrogens is 3. The highest BCUT2D eigenvalue weighted by Crippen LogP contribution is 2.39. The minimum absolute atomic E-state index is 0.189. The zero-order valence-electron chi connectivity index (χ0n) is 30.9. The van der Waals surface area contributed by atoms with E-state index in [-0.39, 0.29) is 17.6 Å². The number of allylic oxidation sites excluding steroid dienone is 1. The Kier molecular flexibility index (Phi) is 11.3. The van der Waals surface area contributed by atoms with Crippen LogP contribution in [0, 0.1) is 5.41 Å². The normalized spacial score (nSPS) is 19.5. The first-order valence-electron chi connectivity index (χ1n) is 17.9. The van der Waals surface area contributed by atoms with Gasteiger partial charge in [-0.15, -0.1) is 10.2 Å². The Morgan fingerprint density at radius 1 is 1.10 bits per heavy atom. The molecule has 13 heteroatoms. The van der Waals surface area contributed by atoms with Crippen LogP contribution in [-0.4, -0.2) is 71.2 Å². The van der Waals surface area contributed by atoms with Crippen LogP contribution in [-0.2, 0) is 0 Å². The Labute approximate surface area is 311 Å². The summed E-state index contributed by atoms with van der Waals surface area (Å²) in [4.78, 5) is 22.7. The van der Waals surface area contributed by atoms with Gasteiger partial charge in [0.1, 0.15) is 30.0 Å². The van der Waals surface area contributed by atoms with Crippen molar-refractivity contribution in [3.63, 3.8) is 0 Å². The van der Waals surface area contributed by atoms with Crippen LogP contribution in [0.5, 0.6) is 11.5 Å². The maximum atomic E-state index is 13.6. The average Bonchev–Trinajstić information content (AvgIpc) is 3.71. The van der Waals surface area contributed by atoms with Crippen molar-refractivity contribution in [1.82, 2.24) is 30.1 Å². The van der Waals surface area contributed by atoms with Crippen molar-refractivity contribution in [1.29, 1.82) is 0 Å². The molecule has 0 spiro atoms. The van der Waals surface area contributed by atoms with E-state index in [1.165, 1.54) is 0 Å². The number of hydrogen-bond acceptors (Lipinski definition) is 9. The van der Waals surface area contributed by atoms with E-state index in [0.717, 1.165) is 54.4 Å². The number of ether oxygens (including phenoxy) is 2. The third-order valence-electron chi connectivity index (χ3n) is 9.55. The Morgan fingerprint density at radius 2 is 1.88 bits per heavy atom. The van der Waals surface area contributed by atoms with Gasteiger partial charge in [-0.1, -0.05) is 56.6 Å². The number of anilines is 1. The average molecular weight is 728 g/mol. The number of rotatable bonds is 10. The number of nitrogens with zero attached hydrogens (tertiary/aromatic N) is 6. The van der Waals surface area contributed by atoms with Gasteiger partial charge in [0.2, 0.25) is 5.95 Å². The van der Waals surface area contributed by atoms with E-state index in [0.29, 0.717) is 53.5 Å². The van der Waals surface area contributed by atoms with E-state index in [9.17, 15) is 4.79 Å². The van der Waals surface area contributed by atoms with Crippen molar-refractivity contribution >= 4 is 40.8 Å². The van der Waals surface area contributed by atoms with Crippen LogP contribution in [0.25, 0.3) is 5.65 Å². The highest BCUT2D eigenvalue weighted by molar-refractivity contribution is 6.32. The molecule has 52 heavy (non-hydrogen) atoms. The smallest absolute Gasteiger partial charge is 0.320 e. The predicted molar refractivity (Wildman–Crippen MR) is 207 cm³/mol. The molecule has 4 aromatic rings. The SMILES string of the molecule is C[C@H]1CCCN1c1nnc2ccc(O[C@@H]3CCC(NC(=O)NC(C=C(N)C(C)(C)C)=Nc4ccc(Cl)c(OCCN(C)C)c4)c4ccccc43)cn12. The number of benzene rings is 2. The summed E-state index contributed by atoms with van der Waals surface area (Å²) in [5.74, 6) is 2.39. The molecule has 1 aliphatic heterocycles. The zero-order valence-corrected chi connectivity index (χ0v) is 31.7. The standard InChI is InChI=1S/C39H50ClN9O3/c1-25-10-9-19-48(25)38-46-45-36-18-14-27(24-49(36)38)52-32-17-16-31(28-11-7-8-12-29(28)32)43-37(50)44-35(23-34(41)39(2,3)4)42-26-13-15-30(40)33(22-26)51-21-20-47(5)6/h7-8,11-15,18,22-25,31-32H,9-10,16-17,19-21,41H2,1-6H3,(H2,42,43,44,50)/t25-,31?,32+/m0/s1. The zero-order chi connectivity index (χ0) is 37.0. The van der Waals surface area contributed by atoms with Crippen LogP contribution < -0.4 is 30.7 Å². The van der Waals surface area contributed by atoms with Crippen molar-refractivity contribution in [2.24, 2.45) is 16.1 Å². The molecule has 4 N–H and O–H groups in total. The van der Waals surface area contributed by atoms with Gasteiger partial charge in [-0.3, -0.25) is 9.72 Å². The molecule has 0 bridgehead atoms. The Hall–Kier alpha value is -4.81. The van der Waals surface area contributed by atoms with Crippen LogP contribution in [0.1, 0.15) is 76.7 Å². The number of carbonyl (C=O) groups is 1. The molecular weight excluding hydrogens is 678 g/mol. The summed E-state index contributed by atoms with van der Waals surface area (Å²) in [5.41, 5.74) is 10.1. The van der Waals surface area contributed by atoms with Crippen LogP contribution in [0.2, 0.25) is 5.02 Å². The van der Waals surface area contributed by atoms with Crippen molar-refractivity contribution in [3.8, 4) is 11.5 Å². The highest BCUT2D eigenvalue weighted by atomic mass is 35.5. The molecule has 1 fully saturated rings. The van der Waals surface area contributed by atoms with E-state index in [2.05, 4.69) is 38.7 Å². The lowest BCUT2D eigenvalue weighted by Gasteiger charge is -2.32. The fourth-order valence-corrected chi connectivity index (χ4v) is 6.63. The Bertz CT molecular complexity index is 1950. The molecule has 6 rings (SSSR count). The van der Waals surface area contributed by atoms with Crippen molar-refractivity contribution in [2.45, 2.75) is 71.6 Å². The monoisotopic (exact) mass is 727 g/mol. The number of nitrogens with one attached hydrogen (secondary N) is 2. The molecule has 2 amide bonds. The van der Waals surface area contributed by atoms with Gasteiger partial charge in [-0.05, 0) is 82.1 Å². The van der Waals surface area contributed by atoms with E-state index in [4.69, 9.17) is 31.8 Å². The fraction of sp³-hybridized carbons (Fsp3) is 0.436. The van der Waals surface area contributed by atoms with Gasteiger partial charge in [0.05, 0.1) is 22.9 Å². The number of pyridine rings is 1.